The van der Waals surface area contributed by atoms with Crippen LogP contribution in [0.3, 0.4) is 0 Å². The Bertz CT molecular complexity index is 170. The second-order valence-electron chi connectivity index (χ2n) is 2.23. The molecule has 0 amide bonds. The fraction of sp³-hybridized carbons (Fsp3) is 1.00. The number of aliphatic hydroxyl groups excluding tert-OH is 2. The molecule has 0 spiro atoms. The van der Waals surface area contributed by atoms with Crippen molar-refractivity contribution in [3.8, 4) is 0 Å². The second kappa shape index (κ2) is 9.20. The van der Waals surface area contributed by atoms with Crippen LogP contribution >= 0.6 is 7.82 Å². The molecule has 0 saturated carbocycles. The van der Waals surface area contributed by atoms with Gasteiger partial charge in [-0.1, -0.05) is 0 Å². The predicted octanol–water partition coefficient (Wildman–Crippen LogP) is -0.947. The van der Waals surface area contributed by atoms with Crippen LogP contribution in [0, 0.1) is 0 Å². The van der Waals surface area contributed by atoms with Gasteiger partial charge in [0.25, 0.3) is 0 Å². The molecule has 0 saturated heterocycles. The minimum Gasteiger partial charge on any atom is -0.394 e. The van der Waals surface area contributed by atoms with E-state index in [4.69, 9.17) is 15.1 Å². The van der Waals surface area contributed by atoms with Gasteiger partial charge in [-0.05, 0) is 0 Å². The standard InChI is InChI=1S/C6H15O8P/c7-1-3-11-5-13-15(9,10)14-6-12-4-2-8/h7-8H,1-6H2,(H,9,10). The number of rotatable bonds is 10. The van der Waals surface area contributed by atoms with Crippen molar-refractivity contribution in [1.82, 2.24) is 0 Å². The van der Waals surface area contributed by atoms with E-state index in [-0.39, 0.29) is 26.4 Å². The number of hydrogen-bond acceptors (Lipinski definition) is 7. The summed E-state index contributed by atoms with van der Waals surface area (Å²) in [6.45, 7) is -1.34. The van der Waals surface area contributed by atoms with E-state index in [2.05, 4.69) is 18.5 Å². The third kappa shape index (κ3) is 10.2. The number of phosphoric acid groups is 1. The first-order chi connectivity index (χ1) is 7.12. The van der Waals surface area contributed by atoms with Gasteiger partial charge in [-0.3, -0.25) is 9.05 Å². The van der Waals surface area contributed by atoms with Gasteiger partial charge in [0.2, 0.25) is 0 Å². The monoisotopic (exact) mass is 246 g/mol. The number of phosphoric ester groups is 1. The van der Waals surface area contributed by atoms with Gasteiger partial charge in [-0.2, -0.15) is 0 Å². The van der Waals surface area contributed by atoms with Crippen molar-refractivity contribution in [1.29, 1.82) is 0 Å². The Labute approximate surface area is 87.0 Å². The molecular weight excluding hydrogens is 231 g/mol. The van der Waals surface area contributed by atoms with E-state index in [1.54, 1.807) is 0 Å². The Morgan fingerprint density at radius 2 is 1.33 bits per heavy atom. The summed E-state index contributed by atoms with van der Waals surface area (Å²) in [5.74, 6) is 0. The van der Waals surface area contributed by atoms with Crippen LogP contribution in [0.15, 0.2) is 0 Å². The Kier molecular flexibility index (Phi) is 9.17. The van der Waals surface area contributed by atoms with E-state index >= 15 is 0 Å². The van der Waals surface area contributed by atoms with Gasteiger partial charge in [0.05, 0.1) is 26.4 Å². The topological polar surface area (TPSA) is 115 Å². The Morgan fingerprint density at radius 1 is 0.933 bits per heavy atom. The zero-order valence-electron chi connectivity index (χ0n) is 8.07. The fourth-order valence-corrected chi connectivity index (χ4v) is 0.982. The molecule has 0 radical (unpaired) electrons. The summed E-state index contributed by atoms with van der Waals surface area (Å²) in [5.41, 5.74) is 0. The lowest BCUT2D eigenvalue weighted by Crippen LogP contribution is -2.07. The first-order valence-corrected chi connectivity index (χ1v) is 5.61. The van der Waals surface area contributed by atoms with E-state index in [0.717, 1.165) is 0 Å². The molecule has 0 atom stereocenters. The van der Waals surface area contributed by atoms with E-state index in [0.29, 0.717) is 0 Å². The maximum absolute atomic E-state index is 11.0. The minimum absolute atomic E-state index is 0.00100. The first-order valence-electron chi connectivity index (χ1n) is 4.11. The summed E-state index contributed by atoms with van der Waals surface area (Å²) in [5, 5.41) is 16.6. The van der Waals surface area contributed by atoms with E-state index in [1.165, 1.54) is 0 Å². The molecule has 0 bridgehead atoms. The van der Waals surface area contributed by atoms with E-state index in [1.807, 2.05) is 0 Å². The molecule has 15 heavy (non-hydrogen) atoms. The van der Waals surface area contributed by atoms with Crippen LogP contribution in [0.2, 0.25) is 0 Å². The molecule has 3 N–H and O–H groups in total. The van der Waals surface area contributed by atoms with Gasteiger partial charge in [-0.25, -0.2) is 4.57 Å². The molecular formula is C6H15O8P. The molecule has 0 fully saturated rings. The summed E-state index contributed by atoms with van der Waals surface area (Å²) < 4.78 is 28.8. The normalized spacial score (nSPS) is 11.9. The minimum atomic E-state index is -4.19. The van der Waals surface area contributed by atoms with Gasteiger partial charge in [0.1, 0.15) is 0 Å². The Morgan fingerprint density at radius 3 is 1.67 bits per heavy atom. The van der Waals surface area contributed by atoms with Crippen LogP contribution in [0.4, 0.5) is 0 Å². The van der Waals surface area contributed by atoms with Crippen molar-refractivity contribution in [2.75, 3.05) is 40.0 Å². The largest absolute Gasteiger partial charge is 0.476 e. The molecule has 92 valence electrons. The summed E-state index contributed by atoms with van der Waals surface area (Å²) in [6, 6.07) is 0. The van der Waals surface area contributed by atoms with Gasteiger partial charge < -0.3 is 24.6 Å². The van der Waals surface area contributed by atoms with Crippen LogP contribution in [0.1, 0.15) is 0 Å². The summed E-state index contributed by atoms with van der Waals surface area (Å²) in [4.78, 5) is 8.94. The third-order valence-corrected chi connectivity index (χ3v) is 1.93. The maximum Gasteiger partial charge on any atom is 0.476 e. The Hall–Kier alpha value is -0.0500. The average Bonchev–Trinajstić information content (AvgIpc) is 2.20. The van der Waals surface area contributed by atoms with Gasteiger partial charge in [0.15, 0.2) is 13.6 Å². The average molecular weight is 246 g/mol. The predicted molar refractivity (Wildman–Crippen MR) is 47.8 cm³/mol. The van der Waals surface area contributed by atoms with Crippen LogP contribution in [-0.2, 0) is 23.1 Å². The molecule has 0 aromatic heterocycles. The van der Waals surface area contributed by atoms with Gasteiger partial charge >= 0.3 is 7.82 Å². The maximum atomic E-state index is 11.0. The molecule has 0 rings (SSSR count). The smallest absolute Gasteiger partial charge is 0.394 e. The highest BCUT2D eigenvalue weighted by Crippen LogP contribution is 2.42. The quantitative estimate of drug-likeness (QED) is 0.257. The van der Waals surface area contributed by atoms with Crippen LogP contribution in [-0.4, -0.2) is 55.1 Å². The number of ether oxygens (including phenoxy) is 2. The SMILES string of the molecule is O=P(O)(OCOCCO)OCOCCO. The van der Waals surface area contributed by atoms with Crippen LogP contribution < -0.4 is 0 Å². The highest BCUT2D eigenvalue weighted by atomic mass is 31.2. The van der Waals surface area contributed by atoms with Crippen LogP contribution in [0.5, 0.6) is 0 Å². The zero-order valence-corrected chi connectivity index (χ0v) is 8.97. The lowest BCUT2D eigenvalue weighted by atomic mass is 10.8. The van der Waals surface area contributed by atoms with Crippen LogP contribution in [0.25, 0.3) is 0 Å². The molecule has 0 aliphatic carbocycles. The van der Waals surface area contributed by atoms with Gasteiger partial charge in [0, 0.05) is 0 Å². The van der Waals surface area contributed by atoms with Crippen molar-refractivity contribution in [3.63, 3.8) is 0 Å². The van der Waals surface area contributed by atoms with E-state index < -0.39 is 21.4 Å². The van der Waals surface area contributed by atoms with Crippen molar-refractivity contribution in [2.24, 2.45) is 0 Å². The van der Waals surface area contributed by atoms with Crippen molar-refractivity contribution in [3.05, 3.63) is 0 Å². The van der Waals surface area contributed by atoms with E-state index in [9.17, 15) is 4.57 Å². The highest BCUT2D eigenvalue weighted by Gasteiger charge is 2.20. The van der Waals surface area contributed by atoms with Gasteiger partial charge in [-0.15, -0.1) is 0 Å². The highest BCUT2D eigenvalue weighted by molar-refractivity contribution is 7.47. The molecule has 0 aromatic rings. The van der Waals surface area contributed by atoms with Crippen molar-refractivity contribution >= 4 is 7.82 Å². The molecule has 0 aromatic carbocycles. The summed E-state index contributed by atoms with van der Waals surface area (Å²) in [6.07, 6.45) is 0. The Balaban J connectivity index is 3.45. The molecule has 0 heterocycles. The lowest BCUT2D eigenvalue weighted by molar-refractivity contribution is -0.0497. The zero-order chi connectivity index (χ0) is 11.6. The van der Waals surface area contributed by atoms with Crippen molar-refractivity contribution < 1.29 is 38.2 Å². The first kappa shape index (κ1) is 14.9. The molecule has 0 aliphatic heterocycles. The fourth-order valence-electron chi connectivity index (χ4n) is 0.492. The molecule has 8 nitrogen and oxygen atoms in total. The third-order valence-electron chi connectivity index (χ3n) is 1.07. The number of hydrogen-bond donors (Lipinski definition) is 3. The molecule has 0 unspecified atom stereocenters. The second-order valence-corrected chi connectivity index (χ2v) is 3.68. The molecule has 0 aliphatic rings. The lowest BCUT2D eigenvalue weighted by Gasteiger charge is -2.11. The number of aliphatic hydroxyl groups is 2. The summed E-state index contributed by atoms with van der Waals surface area (Å²) in [7, 11) is -4.19. The summed E-state index contributed by atoms with van der Waals surface area (Å²) >= 11 is 0. The molecule has 9 heteroatoms. The van der Waals surface area contributed by atoms with Crippen molar-refractivity contribution in [2.45, 2.75) is 0 Å².